The van der Waals surface area contributed by atoms with Gasteiger partial charge in [-0.05, 0) is 24.3 Å². The summed E-state index contributed by atoms with van der Waals surface area (Å²) >= 11 is 12.1. The van der Waals surface area contributed by atoms with E-state index in [0.717, 1.165) is 0 Å². The van der Waals surface area contributed by atoms with Gasteiger partial charge in [0, 0.05) is 16.0 Å². The van der Waals surface area contributed by atoms with Crippen LogP contribution in [0.2, 0.25) is 10.0 Å². The monoisotopic (exact) mass is 333 g/mol. The zero-order valence-corrected chi connectivity index (χ0v) is 12.6. The van der Waals surface area contributed by atoms with Gasteiger partial charge in [0.1, 0.15) is 5.58 Å². The van der Waals surface area contributed by atoms with Gasteiger partial charge in [-0.2, -0.15) is 0 Å². The van der Waals surface area contributed by atoms with E-state index in [1.807, 2.05) is 6.07 Å². The van der Waals surface area contributed by atoms with Gasteiger partial charge >= 0.3 is 5.63 Å². The summed E-state index contributed by atoms with van der Waals surface area (Å²) in [5.74, 6) is -0.730. The van der Waals surface area contributed by atoms with Crippen molar-refractivity contribution < 1.29 is 9.21 Å². The number of rotatable bonds is 2. The summed E-state index contributed by atoms with van der Waals surface area (Å²) in [7, 11) is 0. The number of fused-ring (bicyclic) bond motifs is 1. The van der Waals surface area contributed by atoms with Gasteiger partial charge in [0.2, 0.25) is 5.91 Å². The molecule has 0 radical (unpaired) electrons. The molecular weight excluding hydrogens is 325 g/mol. The predicted molar refractivity (Wildman–Crippen MR) is 86.5 cm³/mol. The van der Waals surface area contributed by atoms with E-state index in [-0.39, 0.29) is 26.7 Å². The van der Waals surface area contributed by atoms with Gasteiger partial charge in [-0.1, -0.05) is 41.4 Å². The Morgan fingerprint density at radius 1 is 1.09 bits per heavy atom. The van der Waals surface area contributed by atoms with E-state index in [2.05, 4.69) is 0 Å². The molecule has 110 valence electrons. The third kappa shape index (κ3) is 2.47. The lowest BCUT2D eigenvalue weighted by atomic mass is 9.99. The van der Waals surface area contributed by atoms with E-state index in [0.29, 0.717) is 11.0 Å². The van der Waals surface area contributed by atoms with Crippen LogP contribution in [0.4, 0.5) is 0 Å². The molecule has 1 heterocycles. The molecule has 0 bridgehead atoms. The minimum absolute atomic E-state index is 0.0695. The minimum Gasteiger partial charge on any atom is -0.422 e. The summed E-state index contributed by atoms with van der Waals surface area (Å²) in [5.41, 5.74) is 5.65. The van der Waals surface area contributed by atoms with Crippen LogP contribution in [0.1, 0.15) is 10.4 Å². The van der Waals surface area contributed by atoms with Gasteiger partial charge in [0.25, 0.3) is 0 Å². The van der Waals surface area contributed by atoms with E-state index in [1.165, 1.54) is 12.1 Å². The number of para-hydroxylation sites is 1. The zero-order chi connectivity index (χ0) is 15.9. The zero-order valence-electron chi connectivity index (χ0n) is 11.1. The number of benzene rings is 2. The number of primary amides is 1. The molecule has 0 saturated carbocycles. The first-order valence-electron chi connectivity index (χ1n) is 6.29. The molecule has 4 nitrogen and oxygen atoms in total. The molecule has 0 atom stereocenters. The molecule has 0 fully saturated rings. The van der Waals surface area contributed by atoms with E-state index >= 15 is 0 Å². The van der Waals surface area contributed by atoms with Crippen LogP contribution in [0, 0.1) is 0 Å². The molecule has 0 aliphatic rings. The van der Waals surface area contributed by atoms with Crippen LogP contribution in [0.5, 0.6) is 0 Å². The lowest BCUT2D eigenvalue weighted by molar-refractivity contribution is 0.100. The number of hydrogen-bond acceptors (Lipinski definition) is 3. The Morgan fingerprint density at radius 3 is 2.55 bits per heavy atom. The van der Waals surface area contributed by atoms with Crippen LogP contribution in [0.15, 0.2) is 51.7 Å². The van der Waals surface area contributed by atoms with Crippen molar-refractivity contribution in [2.45, 2.75) is 0 Å². The maximum absolute atomic E-state index is 12.2. The molecule has 0 spiro atoms. The van der Waals surface area contributed by atoms with Crippen LogP contribution in [-0.4, -0.2) is 5.91 Å². The molecule has 0 aliphatic carbocycles. The summed E-state index contributed by atoms with van der Waals surface area (Å²) < 4.78 is 5.27. The molecule has 2 N–H and O–H groups in total. The second-order valence-electron chi connectivity index (χ2n) is 4.66. The Hall–Kier alpha value is -2.30. The largest absolute Gasteiger partial charge is 0.422 e. The Morgan fingerprint density at radius 2 is 1.82 bits per heavy atom. The van der Waals surface area contributed by atoms with E-state index < -0.39 is 11.5 Å². The molecule has 0 saturated heterocycles. The number of carbonyl (C=O) groups excluding carboxylic acids is 1. The lowest BCUT2D eigenvalue weighted by Crippen LogP contribution is -2.15. The predicted octanol–water partition coefficient (Wildman–Crippen LogP) is 3.87. The number of halogens is 2. The van der Waals surface area contributed by atoms with Crippen LogP contribution in [0.3, 0.4) is 0 Å². The first kappa shape index (κ1) is 14.6. The van der Waals surface area contributed by atoms with Gasteiger partial charge < -0.3 is 10.2 Å². The molecule has 2 aromatic carbocycles. The van der Waals surface area contributed by atoms with E-state index in [1.54, 1.807) is 24.3 Å². The summed E-state index contributed by atoms with van der Waals surface area (Å²) in [6.07, 6.45) is 0. The first-order valence-corrected chi connectivity index (χ1v) is 7.05. The third-order valence-electron chi connectivity index (χ3n) is 3.23. The Bertz CT molecular complexity index is 963. The van der Waals surface area contributed by atoms with Gasteiger partial charge in [-0.25, -0.2) is 4.79 Å². The van der Waals surface area contributed by atoms with Gasteiger partial charge in [-0.3, -0.25) is 4.79 Å². The number of carbonyl (C=O) groups is 1. The van der Waals surface area contributed by atoms with Gasteiger partial charge in [0.15, 0.2) is 0 Å². The molecular formula is C16H9Cl2NO3. The molecule has 1 aromatic heterocycles. The maximum atomic E-state index is 12.2. The van der Waals surface area contributed by atoms with E-state index in [4.69, 9.17) is 33.4 Å². The van der Waals surface area contributed by atoms with Crippen LogP contribution in [0.25, 0.3) is 22.1 Å². The summed E-state index contributed by atoms with van der Waals surface area (Å²) in [6, 6.07) is 11.5. The maximum Gasteiger partial charge on any atom is 0.344 e. The quantitative estimate of drug-likeness (QED) is 0.723. The van der Waals surface area contributed by atoms with Crippen molar-refractivity contribution in [3.63, 3.8) is 0 Å². The number of amides is 1. The number of hydrogen-bond donors (Lipinski definition) is 1. The third-order valence-corrected chi connectivity index (χ3v) is 3.75. The summed E-state index contributed by atoms with van der Waals surface area (Å²) in [5, 5.41) is 1.12. The highest BCUT2D eigenvalue weighted by atomic mass is 35.5. The Labute approximate surface area is 135 Å². The summed E-state index contributed by atoms with van der Waals surface area (Å²) in [6.45, 7) is 0. The fourth-order valence-corrected chi connectivity index (χ4v) is 2.87. The first-order chi connectivity index (χ1) is 10.5. The number of nitrogens with two attached hydrogens (primary N) is 1. The van der Waals surface area contributed by atoms with Crippen molar-refractivity contribution in [1.29, 1.82) is 0 Å². The second kappa shape index (κ2) is 5.48. The molecule has 6 heteroatoms. The Balaban J connectivity index is 2.39. The highest BCUT2D eigenvalue weighted by molar-refractivity contribution is 6.37. The molecule has 0 aliphatic heterocycles. The smallest absolute Gasteiger partial charge is 0.344 e. The van der Waals surface area contributed by atoms with Gasteiger partial charge in [-0.15, -0.1) is 0 Å². The normalized spacial score (nSPS) is 10.8. The second-order valence-corrected chi connectivity index (χ2v) is 5.50. The lowest BCUT2D eigenvalue weighted by Gasteiger charge is -2.10. The molecule has 0 unspecified atom stereocenters. The van der Waals surface area contributed by atoms with Crippen molar-refractivity contribution in [2.75, 3.05) is 0 Å². The summed E-state index contributed by atoms with van der Waals surface area (Å²) in [4.78, 5) is 23.9. The topological polar surface area (TPSA) is 73.3 Å². The van der Waals surface area contributed by atoms with Crippen molar-refractivity contribution >= 4 is 40.1 Å². The minimum atomic E-state index is -0.730. The van der Waals surface area contributed by atoms with Crippen LogP contribution < -0.4 is 11.4 Å². The highest BCUT2D eigenvalue weighted by Crippen LogP contribution is 2.33. The standard InChI is InChI=1S/C16H9Cl2NO3/c17-9-6-10(15(19)20)14(12(18)7-9)11-5-8-3-1-2-4-13(8)22-16(11)21/h1-7H,(H2,19,20). The van der Waals surface area contributed by atoms with Crippen molar-refractivity contribution in [3.05, 3.63) is 68.5 Å². The van der Waals surface area contributed by atoms with Crippen LogP contribution >= 0.6 is 23.2 Å². The molecule has 22 heavy (non-hydrogen) atoms. The van der Waals surface area contributed by atoms with Gasteiger partial charge in [0.05, 0.1) is 16.1 Å². The highest BCUT2D eigenvalue weighted by Gasteiger charge is 2.19. The average Bonchev–Trinajstić information content (AvgIpc) is 2.46. The molecule has 3 rings (SSSR count). The van der Waals surface area contributed by atoms with Crippen molar-refractivity contribution in [1.82, 2.24) is 0 Å². The Kier molecular flexibility index (Phi) is 3.64. The fraction of sp³-hybridized carbons (Fsp3) is 0. The molecule has 1 amide bonds. The van der Waals surface area contributed by atoms with Crippen molar-refractivity contribution in [2.24, 2.45) is 5.73 Å². The average molecular weight is 334 g/mol. The van der Waals surface area contributed by atoms with Crippen LogP contribution in [-0.2, 0) is 0 Å². The van der Waals surface area contributed by atoms with Crippen molar-refractivity contribution in [3.8, 4) is 11.1 Å². The van der Waals surface area contributed by atoms with E-state index in [9.17, 15) is 9.59 Å². The fourth-order valence-electron chi connectivity index (χ4n) is 2.28. The molecule has 3 aromatic rings. The SMILES string of the molecule is NC(=O)c1cc(Cl)cc(Cl)c1-c1cc2ccccc2oc1=O.